The lowest BCUT2D eigenvalue weighted by Crippen LogP contribution is -1.93. The van der Waals surface area contributed by atoms with Gasteiger partial charge in [0.1, 0.15) is 0 Å². The highest BCUT2D eigenvalue weighted by atomic mass is 16.4. The fraction of sp³-hybridized carbons (Fsp3) is 0.615. The van der Waals surface area contributed by atoms with Crippen LogP contribution in [0.4, 0.5) is 0 Å². The second kappa shape index (κ2) is 12.6. The summed E-state index contributed by atoms with van der Waals surface area (Å²) in [6.07, 6.45) is 13.8. The molecule has 0 saturated heterocycles. The van der Waals surface area contributed by atoms with E-state index in [4.69, 9.17) is 5.11 Å². The molecule has 0 aromatic carbocycles. The van der Waals surface area contributed by atoms with Gasteiger partial charge in [-0.05, 0) is 6.42 Å². The topological polar surface area (TPSA) is 63.1 Å². The number of carbonyl (C=O) groups is 1. The van der Waals surface area contributed by atoms with Crippen molar-refractivity contribution < 1.29 is 9.90 Å². The molecular weight excluding hydrogens is 216 g/mol. The van der Waals surface area contributed by atoms with Crippen LogP contribution in [0.15, 0.2) is 24.8 Å². The Balaban J connectivity index is 0.000000354. The number of aliphatic carboxylic acids is 1. The molecule has 0 saturated carbocycles. The van der Waals surface area contributed by atoms with E-state index in [1.807, 2.05) is 0 Å². The highest BCUT2D eigenvalue weighted by molar-refractivity contribution is 5.66. The van der Waals surface area contributed by atoms with Crippen molar-refractivity contribution in [2.75, 3.05) is 0 Å². The molecule has 1 rings (SSSR count). The number of carboxylic acids is 1. The van der Waals surface area contributed by atoms with E-state index in [1.54, 1.807) is 24.8 Å². The SMILES string of the molecule is CCCCCCCCC(=O)O.c1cnccn1. The van der Waals surface area contributed by atoms with Crippen LogP contribution in [0.25, 0.3) is 0 Å². The minimum atomic E-state index is -0.666. The number of hydrogen-bond acceptors (Lipinski definition) is 3. The third kappa shape index (κ3) is 14.6. The molecule has 1 N–H and O–H groups in total. The second-order valence-electron chi connectivity index (χ2n) is 3.81. The molecule has 96 valence electrons. The maximum atomic E-state index is 10.1. The van der Waals surface area contributed by atoms with Gasteiger partial charge in [0.2, 0.25) is 0 Å². The first-order chi connectivity index (χ1) is 8.27. The monoisotopic (exact) mass is 238 g/mol. The molecule has 1 heterocycles. The smallest absolute Gasteiger partial charge is 0.303 e. The molecule has 4 nitrogen and oxygen atoms in total. The van der Waals surface area contributed by atoms with Crippen molar-refractivity contribution in [2.45, 2.75) is 51.9 Å². The average molecular weight is 238 g/mol. The zero-order valence-corrected chi connectivity index (χ0v) is 10.5. The van der Waals surface area contributed by atoms with E-state index >= 15 is 0 Å². The molecule has 17 heavy (non-hydrogen) atoms. The van der Waals surface area contributed by atoms with Gasteiger partial charge in [-0.15, -0.1) is 0 Å². The van der Waals surface area contributed by atoms with Crippen molar-refractivity contribution in [1.29, 1.82) is 0 Å². The van der Waals surface area contributed by atoms with Crippen LogP contribution < -0.4 is 0 Å². The van der Waals surface area contributed by atoms with Gasteiger partial charge < -0.3 is 5.11 Å². The van der Waals surface area contributed by atoms with Crippen LogP contribution in [0.2, 0.25) is 0 Å². The van der Waals surface area contributed by atoms with Crippen molar-refractivity contribution in [1.82, 2.24) is 9.97 Å². The van der Waals surface area contributed by atoms with Crippen molar-refractivity contribution in [3.63, 3.8) is 0 Å². The molecule has 4 heteroatoms. The zero-order valence-electron chi connectivity index (χ0n) is 10.5. The Hall–Kier alpha value is -1.45. The second-order valence-corrected chi connectivity index (χ2v) is 3.81. The van der Waals surface area contributed by atoms with E-state index in [2.05, 4.69) is 16.9 Å². The first-order valence-corrected chi connectivity index (χ1v) is 6.19. The predicted octanol–water partition coefficient (Wildman–Crippen LogP) is 3.30. The standard InChI is InChI=1S/C9H18O2.C4H4N2/c1-2-3-4-5-6-7-8-9(10)11;1-2-6-4-3-5-1/h2-8H2,1H3,(H,10,11);1-4H. The third-order valence-corrected chi connectivity index (χ3v) is 2.22. The van der Waals surface area contributed by atoms with Gasteiger partial charge in [0, 0.05) is 31.2 Å². The zero-order chi connectivity index (χ0) is 12.8. The molecule has 0 atom stereocenters. The Kier molecular flexibility index (Phi) is 11.5. The molecule has 0 aliphatic carbocycles. The third-order valence-electron chi connectivity index (χ3n) is 2.22. The predicted molar refractivity (Wildman–Crippen MR) is 67.7 cm³/mol. The number of rotatable bonds is 7. The summed E-state index contributed by atoms with van der Waals surface area (Å²) in [6, 6.07) is 0. The average Bonchev–Trinajstić information content (AvgIpc) is 2.36. The van der Waals surface area contributed by atoms with Crippen molar-refractivity contribution >= 4 is 5.97 Å². The summed E-state index contributed by atoms with van der Waals surface area (Å²) < 4.78 is 0. The molecule has 0 amide bonds. The Morgan fingerprint density at radius 3 is 1.82 bits per heavy atom. The van der Waals surface area contributed by atoms with Gasteiger partial charge >= 0.3 is 5.97 Å². The maximum Gasteiger partial charge on any atom is 0.303 e. The number of aromatic nitrogens is 2. The first kappa shape index (κ1) is 15.6. The van der Waals surface area contributed by atoms with Gasteiger partial charge in [0.05, 0.1) is 0 Å². The number of nitrogens with zero attached hydrogens (tertiary/aromatic N) is 2. The van der Waals surface area contributed by atoms with E-state index < -0.39 is 5.97 Å². The molecule has 0 aliphatic rings. The van der Waals surface area contributed by atoms with Crippen molar-refractivity contribution in [2.24, 2.45) is 0 Å². The summed E-state index contributed by atoms with van der Waals surface area (Å²) in [7, 11) is 0. The van der Waals surface area contributed by atoms with Crippen LogP contribution in [0, 0.1) is 0 Å². The van der Waals surface area contributed by atoms with E-state index in [-0.39, 0.29) is 0 Å². The van der Waals surface area contributed by atoms with Gasteiger partial charge in [-0.3, -0.25) is 14.8 Å². The van der Waals surface area contributed by atoms with Crippen LogP contribution >= 0.6 is 0 Å². The lowest BCUT2D eigenvalue weighted by atomic mass is 10.1. The van der Waals surface area contributed by atoms with Gasteiger partial charge in [-0.2, -0.15) is 0 Å². The van der Waals surface area contributed by atoms with Crippen LogP contribution in [0.5, 0.6) is 0 Å². The summed E-state index contributed by atoms with van der Waals surface area (Å²) in [5, 5.41) is 8.32. The summed E-state index contributed by atoms with van der Waals surface area (Å²) in [5.74, 6) is -0.666. The van der Waals surface area contributed by atoms with Gasteiger partial charge in [0.25, 0.3) is 0 Å². The van der Waals surface area contributed by atoms with Crippen LogP contribution in [0.1, 0.15) is 51.9 Å². The Morgan fingerprint density at radius 2 is 1.41 bits per heavy atom. The highest BCUT2D eigenvalue weighted by Gasteiger charge is 1.95. The molecule has 1 aromatic heterocycles. The molecular formula is C13H22N2O2. The normalized spacial score (nSPS) is 9.24. The fourth-order valence-electron chi connectivity index (χ4n) is 1.31. The Labute approximate surface area is 103 Å². The van der Waals surface area contributed by atoms with Gasteiger partial charge in [-0.1, -0.05) is 39.0 Å². The van der Waals surface area contributed by atoms with E-state index in [0.717, 1.165) is 12.8 Å². The molecule has 1 aromatic rings. The molecule has 0 fully saturated rings. The van der Waals surface area contributed by atoms with E-state index in [1.165, 1.54) is 25.7 Å². The lowest BCUT2D eigenvalue weighted by molar-refractivity contribution is -0.137. The summed E-state index contributed by atoms with van der Waals surface area (Å²) in [4.78, 5) is 17.5. The summed E-state index contributed by atoms with van der Waals surface area (Å²) in [5.41, 5.74) is 0. The molecule has 0 spiro atoms. The highest BCUT2D eigenvalue weighted by Crippen LogP contribution is 2.06. The van der Waals surface area contributed by atoms with Gasteiger partial charge in [0.15, 0.2) is 0 Å². The number of hydrogen-bond donors (Lipinski definition) is 1. The quantitative estimate of drug-likeness (QED) is 0.740. The van der Waals surface area contributed by atoms with Gasteiger partial charge in [-0.25, -0.2) is 0 Å². The lowest BCUT2D eigenvalue weighted by Gasteiger charge is -1.97. The van der Waals surface area contributed by atoms with E-state index in [0.29, 0.717) is 6.42 Å². The first-order valence-electron chi connectivity index (χ1n) is 6.19. The minimum absolute atomic E-state index is 0.339. The van der Waals surface area contributed by atoms with Crippen molar-refractivity contribution in [3.05, 3.63) is 24.8 Å². The largest absolute Gasteiger partial charge is 0.481 e. The van der Waals surface area contributed by atoms with Crippen LogP contribution in [0.3, 0.4) is 0 Å². The summed E-state index contributed by atoms with van der Waals surface area (Å²) >= 11 is 0. The minimum Gasteiger partial charge on any atom is -0.481 e. The Bertz CT molecular complexity index is 239. The molecule has 0 unspecified atom stereocenters. The Morgan fingerprint density at radius 1 is 0.941 bits per heavy atom. The van der Waals surface area contributed by atoms with Crippen molar-refractivity contribution in [3.8, 4) is 0 Å². The maximum absolute atomic E-state index is 10.1. The molecule has 0 bridgehead atoms. The van der Waals surface area contributed by atoms with Crippen LogP contribution in [-0.2, 0) is 4.79 Å². The number of unbranched alkanes of at least 4 members (excludes halogenated alkanes) is 5. The molecule has 0 radical (unpaired) electrons. The summed E-state index contributed by atoms with van der Waals surface area (Å²) in [6.45, 7) is 2.18. The van der Waals surface area contributed by atoms with Crippen LogP contribution in [-0.4, -0.2) is 21.0 Å². The van der Waals surface area contributed by atoms with E-state index in [9.17, 15) is 4.79 Å². The number of carboxylic acid groups (broad SMARTS) is 1. The molecule has 0 aliphatic heterocycles. The fourth-order valence-corrected chi connectivity index (χ4v) is 1.31.